The topological polar surface area (TPSA) is 106 Å². The van der Waals surface area contributed by atoms with E-state index in [1.54, 1.807) is 17.3 Å². The molecule has 4 rings (SSSR count). The molecule has 1 aliphatic carbocycles. The van der Waals surface area contributed by atoms with Crippen LogP contribution in [0.4, 0.5) is 0 Å². The second kappa shape index (κ2) is 8.61. The number of carbonyl (C=O) groups excluding carboxylic acids is 1. The summed E-state index contributed by atoms with van der Waals surface area (Å²) < 4.78 is 29.2. The summed E-state index contributed by atoms with van der Waals surface area (Å²) in [5.74, 6) is 1.64. The molecule has 8 nitrogen and oxygen atoms in total. The highest BCUT2D eigenvalue weighted by Gasteiger charge is 2.34. The van der Waals surface area contributed by atoms with Crippen LogP contribution in [0.1, 0.15) is 61.7 Å². The molecule has 1 saturated carbocycles. The molecule has 1 atom stereocenters. The van der Waals surface area contributed by atoms with Crippen LogP contribution in [0, 0.1) is 0 Å². The van der Waals surface area contributed by atoms with E-state index in [4.69, 9.17) is 4.52 Å². The van der Waals surface area contributed by atoms with Crippen LogP contribution in [-0.4, -0.2) is 51.9 Å². The minimum absolute atomic E-state index is 0.0192. The van der Waals surface area contributed by atoms with Crippen LogP contribution in [0.3, 0.4) is 0 Å². The van der Waals surface area contributed by atoms with Crippen LogP contribution in [0.5, 0.6) is 0 Å². The lowest BCUT2D eigenvalue weighted by molar-refractivity contribution is -0.133. The van der Waals surface area contributed by atoms with Crippen LogP contribution < -0.4 is 0 Å². The number of amides is 1. The third-order valence-corrected chi connectivity index (χ3v) is 7.55. The number of hydrogen-bond donors (Lipinski definition) is 0. The first-order chi connectivity index (χ1) is 14.0. The zero-order chi connectivity index (χ0) is 20.3. The fourth-order valence-electron chi connectivity index (χ4n) is 4.21. The Bertz CT molecular complexity index is 938. The van der Waals surface area contributed by atoms with Crippen molar-refractivity contribution in [2.75, 3.05) is 11.5 Å². The van der Waals surface area contributed by atoms with Crippen molar-refractivity contribution in [3.8, 4) is 0 Å². The molecule has 156 valence electrons. The van der Waals surface area contributed by atoms with E-state index < -0.39 is 9.84 Å². The minimum Gasteiger partial charge on any atom is -0.339 e. The number of hydrogen-bond acceptors (Lipinski definition) is 7. The maximum atomic E-state index is 13.0. The summed E-state index contributed by atoms with van der Waals surface area (Å²) in [6.45, 7) is 0.351. The molecule has 0 radical (unpaired) electrons. The van der Waals surface area contributed by atoms with Gasteiger partial charge in [0.2, 0.25) is 11.8 Å². The Morgan fingerprint density at radius 3 is 2.76 bits per heavy atom. The van der Waals surface area contributed by atoms with Crippen molar-refractivity contribution in [2.45, 2.75) is 63.5 Å². The molecule has 1 aliphatic heterocycles. The van der Waals surface area contributed by atoms with Crippen LogP contribution >= 0.6 is 0 Å². The molecule has 1 saturated heterocycles. The molecule has 0 spiro atoms. The number of carbonyl (C=O) groups is 1. The van der Waals surface area contributed by atoms with Crippen LogP contribution in [0.25, 0.3) is 0 Å². The molecule has 2 aromatic heterocycles. The zero-order valence-corrected chi connectivity index (χ0v) is 17.2. The van der Waals surface area contributed by atoms with Crippen LogP contribution in [0.15, 0.2) is 29.0 Å². The number of pyridine rings is 1. The van der Waals surface area contributed by atoms with Crippen LogP contribution in [0.2, 0.25) is 0 Å². The summed E-state index contributed by atoms with van der Waals surface area (Å²) in [6.07, 6.45) is 9.00. The average molecular weight is 419 g/mol. The highest BCUT2D eigenvalue weighted by Crippen LogP contribution is 2.32. The molecular formula is C20H26N4O4S. The van der Waals surface area contributed by atoms with E-state index in [2.05, 4.69) is 15.1 Å². The quantitative estimate of drug-likeness (QED) is 0.679. The molecule has 9 heteroatoms. The van der Waals surface area contributed by atoms with Gasteiger partial charge >= 0.3 is 0 Å². The first-order valence-electron chi connectivity index (χ1n) is 10.2. The normalized spacial score (nSPS) is 21.4. The van der Waals surface area contributed by atoms with Crippen molar-refractivity contribution in [1.29, 1.82) is 0 Å². The Morgan fingerprint density at radius 2 is 2.07 bits per heavy atom. The predicted octanol–water partition coefficient (Wildman–Crippen LogP) is 2.27. The fourth-order valence-corrected chi connectivity index (χ4v) is 5.94. The summed E-state index contributed by atoms with van der Waals surface area (Å²) in [5, 5.41) is 4.09. The summed E-state index contributed by atoms with van der Waals surface area (Å²) in [6, 6.07) is 3.40. The fraction of sp³-hybridized carbons (Fsp3) is 0.600. The van der Waals surface area contributed by atoms with Crippen molar-refractivity contribution >= 4 is 15.7 Å². The highest BCUT2D eigenvalue weighted by molar-refractivity contribution is 7.91. The first-order valence-corrected chi connectivity index (χ1v) is 12.0. The Morgan fingerprint density at radius 1 is 1.24 bits per heavy atom. The standard InChI is InChI=1S/C20H26N4O4S/c25-19(8-7-18-22-20(23-28-18)16-5-1-2-6-16)24(13-15-4-3-10-21-12-15)17-9-11-29(26,27)14-17/h3-4,10,12,16-17H,1-2,5-9,11,13-14H2. The molecule has 0 bridgehead atoms. The zero-order valence-electron chi connectivity index (χ0n) is 16.4. The smallest absolute Gasteiger partial charge is 0.227 e. The van der Waals surface area contributed by atoms with E-state index in [0.717, 1.165) is 24.2 Å². The van der Waals surface area contributed by atoms with E-state index in [1.807, 2.05) is 12.1 Å². The Kier molecular flexibility index (Phi) is 5.94. The number of nitrogens with zero attached hydrogens (tertiary/aromatic N) is 4. The Labute approximate surface area is 170 Å². The lowest BCUT2D eigenvalue weighted by Gasteiger charge is -2.28. The number of aryl methyl sites for hydroxylation is 1. The lowest BCUT2D eigenvalue weighted by Crippen LogP contribution is -2.40. The molecule has 2 fully saturated rings. The van der Waals surface area contributed by atoms with Crippen molar-refractivity contribution in [1.82, 2.24) is 20.0 Å². The third-order valence-electron chi connectivity index (χ3n) is 5.80. The van der Waals surface area contributed by atoms with Gasteiger partial charge in [0.15, 0.2) is 15.7 Å². The third kappa shape index (κ3) is 5.01. The van der Waals surface area contributed by atoms with Gasteiger partial charge in [-0.05, 0) is 30.9 Å². The molecule has 29 heavy (non-hydrogen) atoms. The lowest BCUT2D eigenvalue weighted by atomic mass is 10.1. The van der Waals surface area contributed by atoms with Gasteiger partial charge in [-0.1, -0.05) is 24.1 Å². The average Bonchev–Trinajstić information content (AvgIpc) is 3.45. The molecule has 0 aromatic carbocycles. The molecule has 1 amide bonds. The number of aromatic nitrogens is 3. The summed E-state index contributed by atoms with van der Waals surface area (Å²) >= 11 is 0. The monoisotopic (exact) mass is 418 g/mol. The van der Waals surface area contributed by atoms with E-state index in [1.165, 1.54) is 12.8 Å². The minimum atomic E-state index is -3.09. The summed E-state index contributed by atoms with van der Waals surface area (Å²) in [7, 11) is -3.09. The SMILES string of the molecule is O=C(CCc1nc(C2CCCC2)no1)N(Cc1cccnc1)C1CCS(=O)(=O)C1. The second-order valence-electron chi connectivity index (χ2n) is 7.97. The van der Waals surface area contributed by atoms with Gasteiger partial charge in [-0.2, -0.15) is 4.98 Å². The van der Waals surface area contributed by atoms with Gasteiger partial charge in [-0.15, -0.1) is 0 Å². The summed E-state index contributed by atoms with van der Waals surface area (Å²) in [4.78, 5) is 23.2. The van der Waals surface area contributed by atoms with Gasteiger partial charge < -0.3 is 9.42 Å². The molecule has 2 aromatic rings. The molecule has 3 heterocycles. The van der Waals surface area contributed by atoms with E-state index >= 15 is 0 Å². The highest BCUT2D eigenvalue weighted by atomic mass is 32.2. The maximum absolute atomic E-state index is 13.0. The number of rotatable bonds is 7. The van der Waals surface area contributed by atoms with Gasteiger partial charge in [0.1, 0.15) is 0 Å². The molecule has 0 N–H and O–H groups in total. The van der Waals surface area contributed by atoms with E-state index in [9.17, 15) is 13.2 Å². The largest absolute Gasteiger partial charge is 0.339 e. The summed E-state index contributed by atoms with van der Waals surface area (Å²) in [5.41, 5.74) is 0.881. The first kappa shape index (κ1) is 20.0. The van der Waals surface area contributed by atoms with Gasteiger partial charge in [0.25, 0.3) is 0 Å². The van der Waals surface area contributed by atoms with Crippen molar-refractivity contribution in [3.63, 3.8) is 0 Å². The van der Waals surface area contributed by atoms with E-state index in [-0.39, 0.29) is 29.9 Å². The van der Waals surface area contributed by atoms with Crippen molar-refractivity contribution in [3.05, 3.63) is 41.8 Å². The van der Waals surface area contributed by atoms with Gasteiger partial charge in [0, 0.05) is 43.7 Å². The Balaban J connectivity index is 1.42. The van der Waals surface area contributed by atoms with Crippen molar-refractivity contribution in [2.24, 2.45) is 0 Å². The maximum Gasteiger partial charge on any atom is 0.227 e. The molecule has 1 unspecified atom stereocenters. The van der Waals surface area contributed by atoms with Crippen molar-refractivity contribution < 1.29 is 17.7 Å². The number of sulfone groups is 1. The van der Waals surface area contributed by atoms with Gasteiger partial charge in [-0.25, -0.2) is 8.42 Å². The van der Waals surface area contributed by atoms with Crippen LogP contribution in [-0.2, 0) is 27.6 Å². The predicted molar refractivity (Wildman–Crippen MR) is 106 cm³/mol. The second-order valence-corrected chi connectivity index (χ2v) is 10.2. The van der Waals surface area contributed by atoms with Gasteiger partial charge in [0.05, 0.1) is 11.5 Å². The van der Waals surface area contributed by atoms with Gasteiger partial charge in [-0.3, -0.25) is 9.78 Å². The van der Waals surface area contributed by atoms with E-state index in [0.29, 0.717) is 31.2 Å². The molecule has 2 aliphatic rings. The molecular weight excluding hydrogens is 392 g/mol. The Hall–Kier alpha value is -2.29.